The second-order valence-electron chi connectivity index (χ2n) is 5.84. The van der Waals surface area contributed by atoms with Crippen molar-refractivity contribution in [1.82, 2.24) is 14.8 Å². The first-order valence-electron chi connectivity index (χ1n) is 6.27. The van der Waals surface area contributed by atoms with Gasteiger partial charge in [-0.25, -0.2) is 13.6 Å². The Morgan fingerprint density at radius 1 is 1.24 bits per heavy atom. The van der Waals surface area contributed by atoms with Crippen LogP contribution in [0.1, 0.15) is 26.3 Å². The molecule has 2 aromatic rings. The Bertz CT molecular complexity index is 791. The van der Waals surface area contributed by atoms with E-state index in [-0.39, 0.29) is 5.16 Å². The molecule has 1 aromatic carbocycles. The first-order chi connectivity index (χ1) is 9.51. The summed E-state index contributed by atoms with van der Waals surface area (Å²) in [6, 6.07) is 5.74. The molecule has 2 N–H and O–H groups in total. The first-order valence-corrected chi connectivity index (χ1v) is 8.61. The van der Waals surface area contributed by atoms with Crippen molar-refractivity contribution in [2.75, 3.05) is 0 Å². The number of hydrogen-bond acceptors (Lipinski definition) is 4. The molecule has 0 bridgehead atoms. The van der Waals surface area contributed by atoms with Gasteiger partial charge in [-0.05, 0) is 45.4 Å². The molecular formula is C13H17BrN4O2S. The number of aromatic nitrogens is 3. The summed E-state index contributed by atoms with van der Waals surface area (Å²) in [5, 5.41) is 12.8. The molecule has 0 amide bonds. The van der Waals surface area contributed by atoms with E-state index in [9.17, 15) is 8.42 Å². The maximum Gasteiger partial charge on any atom is 0.273 e. The number of hydrogen-bond donors (Lipinski definition) is 1. The van der Waals surface area contributed by atoms with Crippen LogP contribution in [-0.4, -0.2) is 23.2 Å². The van der Waals surface area contributed by atoms with Gasteiger partial charge in [0.1, 0.15) is 0 Å². The summed E-state index contributed by atoms with van der Waals surface area (Å²) in [6.45, 7) is 7.59. The van der Waals surface area contributed by atoms with Gasteiger partial charge in [-0.1, -0.05) is 22.0 Å². The fourth-order valence-electron chi connectivity index (χ4n) is 2.03. The normalized spacial score (nSPS) is 12.7. The number of primary sulfonamides is 1. The van der Waals surface area contributed by atoms with Gasteiger partial charge in [0.25, 0.3) is 15.2 Å². The largest absolute Gasteiger partial charge is 0.291 e. The van der Waals surface area contributed by atoms with Crippen molar-refractivity contribution in [3.63, 3.8) is 0 Å². The highest BCUT2D eigenvalue weighted by molar-refractivity contribution is 9.10. The van der Waals surface area contributed by atoms with Gasteiger partial charge in [0, 0.05) is 15.6 Å². The average molecular weight is 373 g/mol. The molecule has 6 nitrogen and oxygen atoms in total. The smallest absolute Gasteiger partial charge is 0.273 e. The van der Waals surface area contributed by atoms with Crippen LogP contribution in [0.4, 0.5) is 0 Å². The van der Waals surface area contributed by atoms with Crippen molar-refractivity contribution in [3.05, 3.63) is 28.2 Å². The van der Waals surface area contributed by atoms with Gasteiger partial charge >= 0.3 is 0 Å². The average Bonchev–Trinajstić information content (AvgIpc) is 2.72. The number of aryl methyl sites for hydroxylation is 1. The summed E-state index contributed by atoms with van der Waals surface area (Å²) in [6.07, 6.45) is 0. The minimum Gasteiger partial charge on any atom is -0.291 e. The molecule has 1 aromatic heterocycles. The number of sulfonamides is 1. The van der Waals surface area contributed by atoms with Crippen molar-refractivity contribution in [3.8, 4) is 11.4 Å². The van der Waals surface area contributed by atoms with Crippen molar-refractivity contribution in [1.29, 1.82) is 0 Å². The van der Waals surface area contributed by atoms with Crippen molar-refractivity contribution in [2.24, 2.45) is 5.14 Å². The number of halogens is 1. The monoisotopic (exact) mass is 372 g/mol. The van der Waals surface area contributed by atoms with Crippen molar-refractivity contribution >= 4 is 26.0 Å². The van der Waals surface area contributed by atoms with Gasteiger partial charge in [-0.15, -0.1) is 10.2 Å². The van der Waals surface area contributed by atoms with Crippen molar-refractivity contribution in [2.45, 2.75) is 38.4 Å². The lowest BCUT2D eigenvalue weighted by atomic mass is 10.1. The Labute approximate surface area is 132 Å². The molecule has 1 heterocycles. The summed E-state index contributed by atoms with van der Waals surface area (Å²) in [7, 11) is -3.95. The van der Waals surface area contributed by atoms with Crippen LogP contribution < -0.4 is 5.14 Å². The molecule has 0 aliphatic carbocycles. The SMILES string of the molecule is Cc1ccc(-c2nnc(S(N)(=O)=O)n2C(C)(C)C)c(Br)c1. The molecule has 0 saturated carbocycles. The van der Waals surface area contributed by atoms with Gasteiger partial charge in [0.15, 0.2) is 5.82 Å². The maximum absolute atomic E-state index is 11.7. The van der Waals surface area contributed by atoms with E-state index in [1.807, 2.05) is 45.9 Å². The second kappa shape index (κ2) is 5.19. The number of rotatable bonds is 2. The predicted octanol–water partition coefficient (Wildman–Crippen LogP) is 2.42. The van der Waals surface area contributed by atoms with E-state index < -0.39 is 15.6 Å². The molecular weight excluding hydrogens is 356 g/mol. The summed E-state index contributed by atoms with van der Waals surface area (Å²) < 4.78 is 25.8. The molecule has 2 rings (SSSR count). The second-order valence-corrected chi connectivity index (χ2v) is 8.15. The Kier molecular flexibility index (Phi) is 3.98. The van der Waals surface area contributed by atoms with Crippen LogP contribution in [0.2, 0.25) is 0 Å². The van der Waals surface area contributed by atoms with E-state index in [1.165, 1.54) is 4.57 Å². The molecule has 21 heavy (non-hydrogen) atoms. The van der Waals surface area contributed by atoms with Gasteiger partial charge in [-0.3, -0.25) is 4.57 Å². The van der Waals surface area contributed by atoms with Crippen LogP contribution >= 0.6 is 15.9 Å². The van der Waals surface area contributed by atoms with Crippen molar-refractivity contribution < 1.29 is 8.42 Å². The van der Waals surface area contributed by atoms with E-state index in [2.05, 4.69) is 26.1 Å². The van der Waals surface area contributed by atoms with E-state index >= 15 is 0 Å². The quantitative estimate of drug-likeness (QED) is 0.875. The molecule has 0 aliphatic rings. The Hall–Kier alpha value is -1.25. The standard InChI is InChI=1S/C13H17BrN4O2S/c1-8-5-6-9(10(14)7-8)11-16-17-12(21(15,19)20)18(11)13(2,3)4/h5-7H,1-4H3,(H2,15,19,20). The summed E-state index contributed by atoms with van der Waals surface area (Å²) in [4.78, 5) is 0. The van der Waals surface area contributed by atoms with E-state index in [4.69, 9.17) is 5.14 Å². The van der Waals surface area contributed by atoms with Crippen LogP contribution in [0, 0.1) is 6.92 Å². The summed E-state index contributed by atoms with van der Waals surface area (Å²) in [5.74, 6) is 0.457. The first kappa shape index (κ1) is 16.1. The lowest BCUT2D eigenvalue weighted by Crippen LogP contribution is -2.29. The molecule has 114 valence electrons. The molecule has 0 fully saturated rings. The van der Waals surface area contributed by atoms with Gasteiger partial charge in [0.05, 0.1) is 0 Å². The highest BCUT2D eigenvalue weighted by atomic mass is 79.9. The third-order valence-electron chi connectivity index (χ3n) is 2.92. The lowest BCUT2D eigenvalue weighted by Gasteiger charge is -2.24. The van der Waals surface area contributed by atoms with Crippen LogP contribution in [0.3, 0.4) is 0 Å². The summed E-state index contributed by atoms with van der Waals surface area (Å²) >= 11 is 3.48. The fourth-order valence-corrected chi connectivity index (χ4v) is 3.47. The highest BCUT2D eigenvalue weighted by Crippen LogP contribution is 2.32. The van der Waals surface area contributed by atoms with Crippen LogP contribution in [0.15, 0.2) is 27.8 Å². The van der Waals surface area contributed by atoms with Crippen LogP contribution in [0.25, 0.3) is 11.4 Å². The molecule has 0 aliphatic heterocycles. The predicted molar refractivity (Wildman–Crippen MR) is 84.3 cm³/mol. The third kappa shape index (κ3) is 3.17. The summed E-state index contributed by atoms with van der Waals surface area (Å²) in [5.41, 5.74) is 1.31. The van der Waals surface area contributed by atoms with Crippen LogP contribution in [0.5, 0.6) is 0 Å². The number of nitrogens with zero attached hydrogens (tertiary/aromatic N) is 3. The molecule has 0 atom stereocenters. The number of nitrogens with two attached hydrogens (primary N) is 1. The third-order valence-corrected chi connectivity index (χ3v) is 4.35. The van der Waals surface area contributed by atoms with Crippen LogP contribution in [-0.2, 0) is 15.6 Å². The Morgan fingerprint density at radius 3 is 2.33 bits per heavy atom. The topological polar surface area (TPSA) is 90.9 Å². The molecule has 0 spiro atoms. The minimum atomic E-state index is -3.95. The zero-order valence-corrected chi connectivity index (χ0v) is 14.7. The van der Waals surface area contributed by atoms with Gasteiger partial charge in [0.2, 0.25) is 0 Å². The Balaban J connectivity index is 2.80. The molecule has 8 heteroatoms. The van der Waals surface area contributed by atoms with E-state index in [1.54, 1.807) is 0 Å². The molecule has 0 saturated heterocycles. The lowest BCUT2D eigenvalue weighted by molar-refractivity contribution is 0.366. The Morgan fingerprint density at radius 2 is 1.86 bits per heavy atom. The van der Waals surface area contributed by atoms with Gasteiger partial charge < -0.3 is 0 Å². The van der Waals surface area contributed by atoms with E-state index in [0.717, 1.165) is 15.6 Å². The molecule has 0 radical (unpaired) electrons. The highest BCUT2D eigenvalue weighted by Gasteiger charge is 2.29. The van der Waals surface area contributed by atoms with E-state index in [0.29, 0.717) is 5.82 Å². The fraction of sp³-hybridized carbons (Fsp3) is 0.385. The number of benzene rings is 1. The molecule has 0 unspecified atom stereocenters. The maximum atomic E-state index is 11.7. The minimum absolute atomic E-state index is 0.238. The zero-order valence-electron chi connectivity index (χ0n) is 12.3. The van der Waals surface area contributed by atoms with Gasteiger partial charge in [-0.2, -0.15) is 0 Å². The zero-order chi connectivity index (χ0) is 16.0.